The number of nitrogens with one attached hydrogen (secondary N) is 3. The Kier molecular flexibility index (Phi) is 7.78. The van der Waals surface area contributed by atoms with Gasteiger partial charge in [0.25, 0.3) is 5.91 Å². The molecule has 0 aliphatic heterocycles. The third kappa shape index (κ3) is 5.72. The van der Waals surface area contributed by atoms with E-state index in [1.807, 2.05) is 0 Å². The maximum atomic E-state index is 12.3. The maximum Gasteiger partial charge on any atom is 0.258 e. The van der Waals surface area contributed by atoms with Gasteiger partial charge >= 0.3 is 0 Å². The first-order valence-electron chi connectivity index (χ1n) is 7.48. The van der Waals surface area contributed by atoms with E-state index in [1.165, 1.54) is 0 Å². The van der Waals surface area contributed by atoms with Crippen LogP contribution in [0.5, 0.6) is 0 Å². The van der Waals surface area contributed by atoms with E-state index >= 15 is 0 Å². The zero-order valence-corrected chi connectivity index (χ0v) is 13.9. The minimum absolute atomic E-state index is 0.226. The molecule has 0 unspecified atom stereocenters. The summed E-state index contributed by atoms with van der Waals surface area (Å²) < 4.78 is 0. The fraction of sp³-hybridized carbons (Fsp3) is 0.353. The highest BCUT2D eigenvalue weighted by Gasteiger charge is 2.39. The van der Waals surface area contributed by atoms with Gasteiger partial charge < -0.3 is 5.32 Å². The molecule has 0 heterocycles. The van der Waals surface area contributed by atoms with Gasteiger partial charge in [-0.2, -0.15) is 5.26 Å². The van der Waals surface area contributed by atoms with Crippen molar-refractivity contribution in [2.45, 2.75) is 32.1 Å². The lowest BCUT2D eigenvalue weighted by Crippen LogP contribution is -2.52. The van der Waals surface area contributed by atoms with Crippen LogP contribution >= 0.6 is 12.2 Å². The highest BCUT2D eigenvalue weighted by Crippen LogP contribution is 2.35. The van der Waals surface area contributed by atoms with Crippen LogP contribution in [-0.4, -0.2) is 11.0 Å². The Labute approximate surface area is 142 Å². The molecule has 1 saturated carbocycles. The molecule has 0 spiro atoms. The van der Waals surface area contributed by atoms with Crippen LogP contribution in [0.15, 0.2) is 49.2 Å². The van der Waals surface area contributed by atoms with E-state index in [2.05, 4.69) is 35.4 Å². The molecule has 23 heavy (non-hydrogen) atoms. The van der Waals surface area contributed by atoms with E-state index < -0.39 is 5.41 Å². The molecule has 0 aromatic heterocycles. The predicted molar refractivity (Wildman–Crippen MR) is 95.8 cm³/mol. The monoisotopic (exact) mass is 330 g/mol. The highest BCUT2D eigenvalue weighted by atomic mass is 32.1. The van der Waals surface area contributed by atoms with Crippen LogP contribution in [0.2, 0.25) is 0 Å². The summed E-state index contributed by atoms with van der Waals surface area (Å²) in [5.41, 5.74) is 4.91. The molecule has 0 atom stereocenters. The summed E-state index contributed by atoms with van der Waals surface area (Å²) in [7, 11) is 0. The van der Waals surface area contributed by atoms with Crippen molar-refractivity contribution in [2.75, 3.05) is 0 Å². The van der Waals surface area contributed by atoms with Crippen molar-refractivity contribution < 1.29 is 4.79 Å². The minimum atomic E-state index is -0.955. The Morgan fingerprint density at radius 3 is 2.43 bits per heavy atom. The molecule has 122 valence electrons. The molecular weight excluding hydrogens is 308 g/mol. The molecule has 1 aliphatic rings. The molecule has 0 aromatic carbocycles. The van der Waals surface area contributed by atoms with Crippen LogP contribution in [0.1, 0.15) is 32.1 Å². The van der Waals surface area contributed by atoms with Gasteiger partial charge in [-0.3, -0.25) is 15.6 Å². The molecule has 0 radical (unpaired) electrons. The van der Waals surface area contributed by atoms with Crippen LogP contribution in [0.3, 0.4) is 0 Å². The minimum Gasteiger partial charge on any atom is -0.331 e. The highest BCUT2D eigenvalue weighted by molar-refractivity contribution is 7.80. The third-order valence-corrected chi connectivity index (χ3v) is 3.82. The summed E-state index contributed by atoms with van der Waals surface area (Å²) in [5, 5.41) is 12.5. The lowest BCUT2D eigenvalue weighted by Gasteiger charge is -2.29. The van der Waals surface area contributed by atoms with Gasteiger partial charge in [0, 0.05) is 5.70 Å². The van der Waals surface area contributed by atoms with E-state index in [4.69, 9.17) is 12.2 Å². The number of hydrazine groups is 1. The summed E-state index contributed by atoms with van der Waals surface area (Å²) in [6.07, 6.45) is 12.5. The Morgan fingerprint density at radius 2 is 1.87 bits per heavy atom. The van der Waals surface area contributed by atoms with E-state index in [1.54, 1.807) is 30.4 Å². The van der Waals surface area contributed by atoms with Crippen molar-refractivity contribution in [2.24, 2.45) is 5.41 Å². The number of carbonyl (C=O) groups is 1. The number of carbonyl (C=O) groups excluding carboxylic acids is 1. The van der Waals surface area contributed by atoms with E-state index in [0.29, 0.717) is 18.5 Å². The predicted octanol–water partition coefficient (Wildman–Crippen LogP) is 2.77. The number of nitriles is 1. The van der Waals surface area contributed by atoms with Crippen LogP contribution in [0, 0.1) is 16.7 Å². The number of allylic oxidation sites excluding steroid dienone is 5. The summed E-state index contributed by atoms with van der Waals surface area (Å²) in [5.74, 6) is -0.334. The standard InChI is InChI=1S/C17H22N4OS/c1-3-5-10-14(9-4-2)19-16(23)21-20-15(22)17(13-18)11-7-6-8-12-17/h3-5,9-10H,1-2,6-8,11-12H2,(H,20,22)(H2,19,21,23)/b10-5-,14-9+. The maximum absolute atomic E-state index is 12.3. The fourth-order valence-electron chi connectivity index (χ4n) is 2.38. The fourth-order valence-corrected chi connectivity index (χ4v) is 2.55. The van der Waals surface area contributed by atoms with Gasteiger partial charge in [0.1, 0.15) is 5.41 Å². The number of hydrogen-bond acceptors (Lipinski definition) is 3. The first kappa shape index (κ1) is 18.7. The summed E-state index contributed by atoms with van der Waals surface area (Å²) in [4.78, 5) is 12.3. The lowest BCUT2D eigenvalue weighted by molar-refractivity contribution is -0.130. The smallest absolute Gasteiger partial charge is 0.258 e. The second-order valence-corrected chi connectivity index (χ2v) is 5.65. The SMILES string of the molecule is C=C/C=C\C(=C/C=C)NC(=S)NNC(=O)C1(C#N)CCCCC1. The van der Waals surface area contributed by atoms with Crippen molar-refractivity contribution in [3.63, 3.8) is 0 Å². The van der Waals surface area contributed by atoms with Crippen molar-refractivity contribution in [1.82, 2.24) is 16.2 Å². The van der Waals surface area contributed by atoms with Gasteiger partial charge in [0.2, 0.25) is 0 Å². The molecule has 1 aliphatic carbocycles. The topological polar surface area (TPSA) is 76.9 Å². The Hall–Kier alpha value is -2.39. The molecular formula is C17H22N4OS. The molecule has 0 aromatic rings. The molecule has 3 N–H and O–H groups in total. The number of amides is 1. The number of hydrogen-bond donors (Lipinski definition) is 3. The van der Waals surface area contributed by atoms with Crippen molar-refractivity contribution in [3.05, 3.63) is 49.2 Å². The van der Waals surface area contributed by atoms with Crippen LogP contribution < -0.4 is 16.2 Å². The summed E-state index contributed by atoms with van der Waals surface area (Å²) in [6.45, 7) is 7.22. The van der Waals surface area contributed by atoms with Gasteiger partial charge in [0.05, 0.1) is 6.07 Å². The van der Waals surface area contributed by atoms with E-state index in [9.17, 15) is 10.1 Å². The van der Waals surface area contributed by atoms with Gasteiger partial charge in [-0.15, -0.1) is 0 Å². The first-order valence-corrected chi connectivity index (χ1v) is 7.89. The van der Waals surface area contributed by atoms with Gasteiger partial charge in [0.15, 0.2) is 5.11 Å². The largest absolute Gasteiger partial charge is 0.331 e. The van der Waals surface area contributed by atoms with Gasteiger partial charge in [-0.25, -0.2) is 0 Å². The quantitative estimate of drug-likeness (QED) is 0.410. The van der Waals surface area contributed by atoms with Gasteiger partial charge in [-0.05, 0) is 37.2 Å². The normalized spacial score (nSPS) is 16.9. The van der Waals surface area contributed by atoms with Crippen LogP contribution in [0.25, 0.3) is 0 Å². The van der Waals surface area contributed by atoms with E-state index in [-0.39, 0.29) is 11.0 Å². The summed E-state index contributed by atoms with van der Waals surface area (Å²) >= 11 is 5.13. The van der Waals surface area contributed by atoms with Crippen molar-refractivity contribution in [1.29, 1.82) is 5.26 Å². The Bertz CT molecular complexity index is 566. The molecule has 1 amide bonds. The summed E-state index contributed by atoms with van der Waals surface area (Å²) in [6, 6.07) is 2.17. The van der Waals surface area contributed by atoms with Gasteiger partial charge in [-0.1, -0.05) is 50.6 Å². The molecule has 1 fully saturated rings. The zero-order valence-electron chi connectivity index (χ0n) is 13.1. The second kappa shape index (κ2) is 9.59. The molecule has 5 nitrogen and oxygen atoms in total. The Morgan fingerprint density at radius 1 is 1.17 bits per heavy atom. The average Bonchev–Trinajstić information content (AvgIpc) is 2.58. The van der Waals surface area contributed by atoms with Crippen molar-refractivity contribution in [3.8, 4) is 6.07 Å². The average molecular weight is 330 g/mol. The second-order valence-electron chi connectivity index (χ2n) is 5.24. The zero-order chi connectivity index (χ0) is 17.1. The van der Waals surface area contributed by atoms with Crippen molar-refractivity contribution >= 4 is 23.2 Å². The molecule has 0 saturated heterocycles. The first-order chi connectivity index (χ1) is 11.1. The Balaban J connectivity index is 2.57. The van der Waals surface area contributed by atoms with Crippen LogP contribution in [0.4, 0.5) is 0 Å². The number of rotatable bonds is 5. The molecule has 1 rings (SSSR count). The van der Waals surface area contributed by atoms with Crippen LogP contribution in [-0.2, 0) is 4.79 Å². The third-order valence-electron chi connectivity index (χ3n) is 3.61. The molecule has 6 heteroatoms. The van der Waals surface area contributed by atoms with E-state index in [0.717, 1.165) is 19.3 Å². The molecule has 0 bridgehead atoms. The number of thiocarbonyl (C=S) groups is 1. The lowest BCUT2D eigenvalue weighted by atomic mass is 9.75. The number of nitrogens with zero attached hydrogens (tertiary/aromatic N) is 1.